The van der Waals surface area contributed by atoms with Gasteiger partial charge in [-0.2, -0.15) is 0 Å². The largest absolute Gasteiger partial charge is 0.445 e. The molecule has 2 aromatic rings. The van der Waals surface area contributed by atoms with E-state index >= 15 is 0 Å². The topological polar surface area (TPSA) is 93.5 Å². The minimum Gasteiger partial charge on any atom is -0.445 e. The Morgan fingerprint density at radius 3 is 2.30 bits per heavy atom. The average molecular weight is 412 g/mol. The molecule has 2 amide bonds. The van der Waals surface area contributed by atoms with Gasteiger partial charge in [-0.3, -0.25) is 4.79 Å². The van der Waals surface area contributed by atoms with Gasteiger partial charge in [-0.05, 0) is 47.9 Å². The molecule has 0 aliphatic rings. The van der Waals surface area contributed by atoms with Crippen molar-refractivity contribution < 1.29 is 14.3 Å². The number of carbonyl (C=O) groups excluding carboxylic acids is 2. The van der Waals surface area contributed by atoms with Crippen molar-refractivity contribution in [1.29, 1.82) is 0 Å². The number of rotatable bonds is 9. The van der Waals surface area contributed by atoms with Gasteiger partial charge >= 0.3 is 6.09 Å². The van der Waals surface area contributed by atoms with Crippen LogP contribution in [0.1, 0.15) is 51.2 Å². The van der Waals surface area contributed by atoms with Crippen LogP contribution in [-0.2, 0) is 21.6 Å². The number of benzene rings is 2. The lowest BCUT2D eigenvalue weighted by molar-refractivity contribution is -0.117. The maximum atomic E-state index is 12.3. The molecule has 0 radical (unpaired) electrons. The van der Waals surface area contributed by atoms with E-state index < -0.39 is 12.1 Å². The Labute approximate surface area is 179 Å². The van der Waals surface area contributed by atoms with Crippen molar-refractivity contribution in [3.8, 4) is 0 Å². The van der Waals surface area contributed by atoms with Crippen LogP contribution in [0.3, 0.4) is 0 Å². The second-order valence-corrected chi connectivity index (χ2v) is 8.41. The summed E-state index contributed by atoms with van der Waals surface area (Å²) >= 11 is 0. The molecule has 0 bridgehead atoms. The van der Waals surface area contributed by atoms with Crippen LogP contribution in [0.15, 0.2) is 54.6 Å². The third kappa shape index (κ3) is 8.25. The first kappa shape index (κ1) is 23.4. The van der Waals surface area contributed by atoms with E-state index in [1.165, 1.54) is 5.56 Å². The van der Waals surface area contributed by atoms with Crippen LogP contribution in [0.4, 0.5) is 10.5 Å². The summed E-state index contributed by atoms with van der Waals surface area (Å²) in [6.45, 7) is 7.17. The maximum absolute atomic E-state index is 12.3. The van der Waals surface area contributed by atoms with Crippen molar-refractivity contribution in [2.45, 2.75) is 58.1 Å². The monoisotopic (exact) mass is 411 g/mol. The number of carbonyl (C=O) groups is 2. The lowest BCUT2D eigenvalue weighted by atomic mass is 9.87. The fourth-order valence-electron chi connectivity index (χ4n) is 2.87. The minimum absolute atomic E-state index is 0.0704. The summed E-state index contributed by atoms with van der Waals surface area (Å²) in [5.41, 5.74) is 8.96. The highest BCUT2D eigenvalue weighted by molar-refractivity contribution is 5.94. The minimum atomic E-state index is -0.586. The van der Waals surface area contributed by atoms with Crippen molar-refractivity contribution in [3.05, 3.63) is 65.7 Å². The summed E-state index contributed by atoms with van der Waals surface area (Å²) < 4.78 is 5.15. The zero-order valence-electron chi connectivity index (χ0n) is 18.1. The number of unbranched alkanes of at least 4 members (excludes halogenated alkanes) is 1. The van der Waals surface area contributed by atoms with Crippen molar-refractivity contribution in [2.24, 2.45) is 5.73 Å². The normalized spacial score (nSPS) is 12.1. The predicted octanol–water partition coefficient (Wildman–Crippen LogP) is 4.35. The highest BCUT2D eigenvalue weighted by Crippen LogP contribution is 2.23. The zero-order chi connectivity index (χ0) is 22.0. The average Bonchev–Trinajstić information content (AvgIpc) is 2.72. The molecule has 0 saturated heterocycles. The molecule has 30 heavy (non-hydrogen) atoms. The summed E-state index contributed by atoms with van der Waals surface area (Å²) in [6, 6.07) is 16.8. The fraction of sp³-hybridized carbons (Fsp3) is 0.417. The molecule has 2 aromatic carbocycles. The van der Waals surface area contributed by atoms with E-state index in [4.69, 9.17) is 10.5 Å². The lowest BCUT2D eigenvalue weighted by Gasteiger charge is -2.19. The molecule has 0 aromatic heterocycles. The SMILES string of the molecule is CC(C)(C)c1ccc(NC(=O)[C@@H](N)CCCCNC(=O)OCc2ccccc2)cc1. The Morgan fingerprint density at radius 2 is 1.67 bits per heavy atom. The van der Waals surface area contributed by atoms with Crippen molar-refractivity contribution in [3.63, 3.8) is 0 Å². The van der Waals surface area contributed by atoms with Crippen LogP contribution in [0.5, 0.6) is 0 Å². The highest BCUT2D eigenvalue weighted by Gasteiger charge is 2.15. The smallest absolute Gasteiger partial charge is 0.407 e. The van der Waals surface area contributed by atoms with E-state index in [0.29, 0.717) is 13.0 Å². The van der Waals surface area contributed by atoms with Crippen LogP contribution in [0.2, 0.25) is 0 Å². The van der Waals surface area contributed by atoms with Crippen LogP contribution in [-0.4, -0.2) is 24.6 Å². The first-order chi connectivity index (χ1) is 14.3. The molecule has 0 fully saturated rings. The molecule has 0 aliphatic carbocycles. The molecule has 0 spiro atoms. The number of hydrogen-bond acceptors (Lipinski definition) is 4. The van der Waals surface area contributed by atoms with Gasteiger partial charge in [-0.15, -0.1) is 0 Å². The molecular formula is C24H33N3O3. The van der Waals surface area contributed by atoms with Crippen LogP contribution in [0.25, 0.3) is 0 Å². The molecule has 0 unspecified atom stereocenters. The zero-order valence-corrected chi connectivity index (χ0v) is 18.1. The summed E-state index contributed by atoms with van der Waals surface area (Å²) in [5.74, 6) is -0.200. The second kappa shape index (κ2) is 11.4. The molecule has 6 heteroatoms. The Balaban J connectivity index is 1.60. The van der Waals surface area contributed by atoms with Gasteiger partial charge in [0, 0.05) is 12.2 Å². The number of amides is 2. The van der Waals surface area contributed by atoms with Crippen molar-refractivity contribution >= 4 is 17.7 Å². The van der Waals surface area contributed by atoms with Crippen molar-refractivity contribution in [1.82, 2.24) is 5.32 Å². The van der Waals surface area contributed by atoms with Crippen LogP contribution < -0.4 is 16.4 Å². The third-order valence-electron chi connectivity index (χ3n) is 4.78. The van der Waals surface area contributed by atoms with Gasteiger partial charge in [0.25, 0.3) is 0 Å². The van der Waals surface area contributed by atoms with Gasteiger partial charge in [0.05, 0.1) is 6.04 Å². The molecule has 0 heterocycles. The molecule has 0 aliphatic heterocycles. The third-order valence-corrected chi connectivity index (χ3v) is 4.78. The molecule has 0 saturated carbocycles. The Kier molecular flexibility index (Phi) is 8.87. The molecule has 162 valence electrons. The Morgan fingerprint density at radius 1 is 1.00 bits per heavy atom. The molecule has 6 nitrogen and oxygen atoms in total. The number of anilines is 1. The highest BCUT2D eigenvalue weighted by atomic mass is 16.5. The van der Waals surface area contributed by atoms with Gasteiger partial charge in [0.2, 0.25) is 5.91 Å². The number of ether oxygens (including phenoxy) is 1. The number of alkyl carbamates (subject to hydrolysis) is 1. The summed E-state index contributed by atoms with van der Waals surface area (Å²) in [6.07, 6.45) is 1.56. The fourth-order valence-corrected chi connectivity index (χ4v) is 2.87. The summed E-state index contributed by atoms with van der Waals surface area (Å²) in [4.78, 5) is 23.9. The molecule has 1 atom stereocenters. The molecular weight excluding hydrogens is 378 g/mol. The Bertz CT molecular complexity index is 799. The van der Waals surface area contributed by atoms with E-state index in [9.17, 15) is 9.59 Å². The number of nitrogens with two attached hydrogens (primary N) is 1. The Hall–Kier alpha value is -2.86. The number of hydrogen-bond donors (Lipinski definition) is 3. The molecule has 4 N–H and O–H groups in total. The standard InChI is InChI=1S/C24H33N3O3/c1-24(2,3)19-12-14-20(15-13-19)27-22(28)21(25)11-7-8-16-26-23(29)30-17-18-9-5-4-6-10-18/h4-6,9-10,12-15,21H,7-8,11,16-17,25H2,1-3H3,(H,26,29)(H,27,28)/t21-/m0/s1. The van der Waals surface area contributed by atoms with Crippen LogP contribution in [0, 0.1) is 0 Å². The first-order valence-electron chi connectivity index (χ1n) is 10.4. The lowest BCUT2D eigenvalue weighted by Crippen LogP contribution is -2.35. The van der Waals surface area contributed by atoms with Gasteiger partial charge in [0.15, 0.2) is 0 Å². The van der Waals surface area contributed by atoms with E-state index in [1.807, 2.05) is 54.6 Å². The summed E-state index contributed by atoms with van der Waals surface area (Å²) in [5, 5.41) is 5.57. The quantitative estimate of drug-likeness (QED) is 0.535. The van der Waals surface area contributed by atoms with Gasteiger partial charge < -0.3 is 21.1 Å². The number of nitrogens with one attached hydrogen (secondary N) is 2. The van der Waals surface area contributed by atoms with E-state index in [-0.39, 0.29) is 17.9 Å². The van der Waals surface area contributed by atoms with E-state index in [1.54, 1.807) is 0 Å². The van der Waals surface area contributed by atoms with Gasteiger partial charge in [-0.25, -0.2) is 4.79 Å². The second-order valence-electron chi connectivity index (χ2n) is 8.41. The summed E-state index contributed by atoms with van der Waals surface area (Å²) in [7, 11) is 0. The first-order valence-corrected chi connectivity index (χ1v) is 10.4. The maximum Gasteiger partial charge on any atom is 0.407 e. The predicted molar refractivity (Wildman–Crippen MR) is 120 cm³/mol. The van der Waals surface area contributed by atoms with Crippen molar-refractivity contribution in [2.75, 3.05) is 11.9 Å². The van der Waals surface area contributed by atoms with E-state index in [2.05, 4.69) is 31.4 Å². The van der Waals surface area contributed by atoms with Crippen LogP contribution >= 0.6 is 0 Å². The van der Waals surface area contributed by atoms with Gasteiger partial charge in [0.1, 0.15) is 6.61 Å². The van der Waals surface area contributed by atoms with Gasteiger partial charge in [-0.1, -0.05) is 63.2 Å². The van der Waals surface area contributed by atoms with E-state index in [0.717, 1.165) is 24.1 Å². The molecule has 2 rings (SSSR count).